The van der Waals surface area contributed by atoms with Crippen LogP contribution < -0.4 is 9.64 Å². The van der Waals surface area contributed by atoms with Crippen molar-refractivity contribution in [2.75, 3.05) is 31.7 Å². The Bertz CT molecular complexity index is 668. The van der Waals surface area contributed by atoms with Gasteiger partial charge < -0.3 is 14.4 Å². The zero-order valence-corrected chi connectivity index (χ0v) is 14.8. The molecule has 2 aromatic heterocycles. The molecule has 0 saturated carbocycles. The predicted octanol–water partition coefficient (Wildman–Crippen LogP) is 2.82. The molecule has 0 N–H and O–H groups in total. The molecule has 0 radical (unpaired) electrons. The molecule has 1 saturated heterocycles. The quantitative estimate of drug-likeness (QED) is 0.860. The Morgan fingerprint density at radius 2 is 2.17 bits per heavy atom. The fraction of sp³-hybridized carbons (Fsp3) is 0.562. The lowest BCUT2D eigenvalue weighted by atomic mass is 9.93. The van der Waals surface area contributed by atoms with Crippen molar-refractivity contribution in [1.82, 2.24) is 15.0 Å². The largest absolute Gasteiger partial charge is 0.481 e. The molecule has 1 atom stereocenters. The summed E-state index contributed by atoms with van der Waals surface area (Å²) in [7, 11) is 1.61. The Morgan fingerprint density at radius 3 is 2.87 bits per heavy atom. The van der Waals surface area contributed by atoms with Gasteiger partial charge in [0.05, 0.1) is 26.0 Å². The molecule has 1 aliphatic heterocycles. The van der Waals surface area contributed by atoms with Gasteiger partial charge in [0.2, 0.25) is 11.8 Å². The number of hydrogen-bond donors (Lipinski definition) is 0. The molecular weight excluding hydrogens is 312 g/mol. The summed E-state index contributed by atoms with van der Waals surface area (Å²) in [6.45, 7) is 8.61. The first kappa shape index (κ1) is 16.1. The summed E-state index contributed by atoms with van der Waals surface area (Å²) in [5.41, 5.74) is 1.16. The molecule has 7 heteroatoms. The van der Waals surface area contributed by atoms with Gasteiger partial charge in [0.1, 0.15) is 11.1 Å². The Hall–Kier alpha value is -1.73. The molecule has 2 aromatic rings. The molecule has 0 unspecified atom stereocenters. The Balaban J connectivity index is 1.76. The number of rotatable bonds is 3. The van der Waals surface area contributed by atoms with Gasteiger partial charge in [-0.25, -0.2) is 9.97 Å². The highest BCUT2D eigenvalue weighted by Gasteiger charge is 2.27. The maximum atomic E-state index is 5.92. The Kier molecular flexibility index (Phi) is 4.50. The van der Waals surface area contributed by atoms with E-state index < -0.39 is 0 Å². The molecule has 3 heterocycles. The minimum Gasteiger partial charge on any atom is -0.481 e. The van der Waals surface area contributed by atoms with E-state index in [1.54, 1.807) is 30.7 Å². The highest BCUT2D eigenvalue weighted by atomic mass is 32.1. The SMILES string of the molecule is COc1ccnc(N2CCO[C@@H](c3nc(C(C)(C)C)cs3)C2)n1. The van der Waals surface area contributed by atoms with Crippen LogP contribution in [0.2, 0.25) is 0 Å². The van der Waals surface area contributed by atoms with Crippen molar-refractivity contribution in [1.29, 1.82) is 0 Å². The number of nitrogens with zero attached hydrogens (tertiary/aromatic N) is 4. The van der Waals surface area contributed by atoms with Gasteiger partial charge in [-0.3, -0.25) is 0 Å². The maximum Gasteiger partial charge on any atom is 0.228 e. The zero-order valence-electron chi connectivity index (χ0n) is 13.9. The van der Waals surface area contributed by atoms with Crippen LogP contribution in [0.5, 0.6) is 5.88 Å². The van der Waals surface area contributed by atoms with Crippen molar-refractivity contribution in [3.05, 3.63) is 28.3 Å². The predicted molar refractivity (Wildman–Crippen MR) is 90.3 cm³/mol. The van der Waals surface area contributed by atoms with Gasteiger partial charge in [-0.15, -0.1) is 11.3 Å². The number of ether oxygens (including phenoxy) is 2. The molecule has 124 valence electrons. The molecule has 1 aliphatic rings. The van der Waals surface area contributed by atoms with Gasteiger partial charge in [0.15, 0.2) is 0 Å². The zero-order chi connectivity index (χ0) is 16.4. The fourth-order valence-electron chi connectivity index (χ4n) is 2.36. The van der Waals surface area contributed by atoms with Crippen LogP contribution in [0.25, 0.3) is 0 Å². The second-order valence-electron chi connectivity index (χ2n) is 6.53. The third kappa shape index (κ3) is 3.61. The van der Waals surface area contributed by atoms with Crippen molar-refractivity contribution >= 4 is 17.3 Å². The van der Waals surface area contributed by atoms with Crippen molar-refractivity contribution in [3.63, 3.8) is 0 Å². The maximum absolute atomic E-state index is 5.92. The summed E-state index contributed by atoms with van der Waals surface area (Å²) in [4.78, 5) is 15.6. The standard InChI is InChI=1S/C16H22N4O2S/c1-16(2,3)12-10-23-14(18-12)11-9-20(7-8-22-11)15-17-6-5-13(19-15)21-4/h5-6,10-11H,7-9H2,1-4H3/t11-/m1/s1. The summed E-state index contributed by atoms with van der Waals surface area (Å²) in [5.74, 6) is 1.24. The average molecular weight is 334 g/mol. The fourth-order valence-corrected chi connectivity index (χ4v) is 3.44. The second-order valence-corrected chi connectivity index (χ2v) is 7.42. The second kappa shape index (κ2) is 6.41. The summed E-state index contributed by atoms with van der Waals surface area (Å²) in [5, 5.41) is 3.14. The van der Waals surface area contributed by atoms with Crippen LogP contribution in [-0.4, -0.2) is 41.8 Å². The van der Waals surface area contributed by atoms with E-state index in [2.05, 4.69) is 41.0 Å². The molecule has 0 aliphatic carbocycles. The van der Waals surface area contributed by atoms with E-state index in [1.165, 1.54) is 0 Å². The summed E-state index contributed by atoms with van der Waals surface area (Å²) < 4.78 is 11.1. The van der Waals surface area contributed by atoms with Gasteiger partial charge in [-0.05, 0) is 0 Å². The lowest BCUT2D eigenvalue weighted by Gasteiger charge is -2.32. The molecule has 0 amide bonds. The minimum absolute atomic E-state index is 0.0420. The third-order valence-electron chi connectivity index (χ3n) is 3.74. The van der Waals surface area contributed by atoms with Crippen LogP contribution in [0.4, 0.5) is 5.95 Å². The van der Waals surface area contributed by atoms with Crippen molar-refractivity contribution in [3.8, 4) is 5.88 Å². The van der Waals surface area contributed by atoms with E-state index in [0.717, 1.165) is 17.2 Å². The van der Waals surface area contributed by atoms with Crippen molar-refractivity contribution in [2.45, 2.75) is 32.3 Å². The lowest BCUT2D eigenvalue weighted by Crippen LogP contribution is -2.39. The van der Waals surface area contributed by atoms with Gasteiger partial charge in [-0.2, -0.15) is 4.98 Å². The number of methoxy groups -OCH3 is 1. The van der Waals surface area contributed by atoms with Crippen LogP contribution in [0.15, 0.2) is 17.6 Å². The first-order valence-corrected chi connectivity index (χ1v) is 8.55. The average Bonchev–Trinajstić information content (AvgIpc) is 3.05. The first-order valence-electron chi connectivity index (χ1n) is 7.67. The Morgan fingerprint density at radius 1 is 1.35 bits per heavy atom. The topological polar surface area (TPSA) is 60.4 Å². The van der Waals surface area contributed by atoms with E-state index in [4.69, 9.17) is 14.5 Å². The van der Waals surface area contributed by atoms with Crippen LogP contribution in [0.1, 0.15) is 37.6 Å². The molecule has 0 bridgehead atoms. The van der Waals surface area contributed by atoms with Gasteiger partial charge >= 0.3 is 0 Å². The molecule has 6 nitrogen and oxygen atoms in total. The highest BCUT2D eigenvalue weighted by molar-refractivity contribution is 7.09. The number of morpholine rings is 1. The molecule has 0 spiro atoms. The van der Waals surface area contributed by atoms with Crippen molar-refractivity contribution in [2.24, 2.45) is 0 Å². The molecular formula is C16H22N4O2S. The molecule has 1 fully saturated rings. The lowest BCUT2D eigenvalue weighted by molar-refractivity contribution is 0.0389. The number of hydrogen-bond acceptors (Lipinski definition) is 7. The number of thiazole rings is 1. The van der Waals surface area contributed by atoms with Crippen LogP contribution in [0.3, 0.4) is 0 Å². The Labute approximate surface area is 140 Å². The van der Waals surface area contributed by atoms with E-state index in [1.807, 2.05) is 0 Å². The minimum atomic E-state index is -0.0420. The summed E-state index contributed by atoms with van der Waals surface area (Å²) in [6.07, 6.45) is 1.67. The first-order chi connectivity index (χ1) is 11.0. The smallest absolute Gasteiger partial charge is 0.228 e. The van der Waals surface area contributed by atoms with Gasteiger partial charge in [0, 0.05) is 29.6 Å². The monoisotopic (exact) mass is 334 g/mol. The van der Waals surface area contributed by atoms with E-state index in [9.17, 15) is 0 Å². The number of anilines is 1. The van der Waals surface area contributed by atoms with E-state index in [0.29, 0.717) is 25.0 Å². The molecule has 0 aromatic carbocycles. The van der Waals surface area contributed by atoms with Crippen LogP contribution >= 0.6 is 11.3 Å². The normalized spacial score (nSPS) is 19.0. The summed E-state index contributed by atoms with van der Waals surface area (Å²) in [6, 6.07) is 1.75. The summed E-state index contributed by atoms with van der Waals surface area (Å²) >= 11 is 1.66. The highest BCUT2D eigenvalue weighted by Crippen LogP contribution is 2.31. The van der Waals surface area contributed by atoms with Gasteiger partial charge in [-0.1, -0.05) is 20.8 Å². The molecule has 3 rings (SSSR count). The van der Waals surface area contributed by atoms with Crippen LogP contribution in [0, 0.1) is 0 Å². The van der Waals surface area contributed by atoms with Gasteiger partial charge in [0.25, 0.3) is 0 Å². The van der Waals surface area contributed by atoms with Crippen molar-refractivity contribution < 1.29 is 9.47 Å². The molecule has 23 heavy (non-hydrogen) atoms. The third-order valence-corrected chi connectivity index (χ3v) is 4.68. The van der Waals surface area contributed by atoms with E-state index >= 15 is 0 Å². The van der Waals surface area contributed by atoms with E-state index in [-0.39, 0.29) is 11.5 Å². The van der Waals surface area contributed by atoms with Crippen LogP contribution in [-0.2, 0) is 10.2 Å². The number of aromatic nitrogens is 3.